The van der Waals surface area contributed by atoms with E-state index in [1.165, 1.54) is 0 Å². The largest absolute Gasteiger partial charge is 0.496 e. The molecule has 0 unspecified atom stereocenters. The number of aromatic amines is 1. The molecule has 4 aromatic rings. The fourth-order valence-electron chi connectivity index (χ4n) is 3.11. The van der Waals surface area contributed by atoms with E-state index >= 15 is 0 Å². The quantitative estimate of drug-likeness (QED) is 0.623. The summed E-state index contributed by atoms with van der Waals surface area (Å²) in [5, 5.41) is 5.72. The third kappa shape index (κ3) is 2.50. The van der Waals surface area contributed by atoms with Gasteiger partial charge in [0, 0.05) is 17.0 Å². The van der Waals surface area contributed by atoms with Crippen LogP contribution in [0, 0.1) is 6.92 Å². The van der Waals surface area contributed by atoms with E-state index < -0.39 is 0 Å². The number of nitrogens with zero attached hydrogens (tertiary/aromatic N) is 2. The van der Waals surface area contributed by atoms with E-state index in [4.69, 9.17) is 9.84 Å². The topological polar surface area (TPSA) is 59.9 Å². The molecule has 0 bridgehead atoms. The molecule has 0 radical (unpaired) electrons. The molecule has 2 heterocycles. The minimum atomic E-state index is -0.145. The molecular weight excluding hydrogens is 314 g/mol. The first-order valence-electron chi connectivity index (χ1n) is 8.00. The summed E-state index contributed by atoms with van der Waals surface area (Å²) in [6.45, 7) is 1.92. The third-order valence-corrected chi connectivity index (χ3v) is 4.23. The molecule has 0 atom stereocenters. The number of H-pyrrole nitrogens is 1. The minimum absolute atomic E-state index is 0.145. The average molecular weight is 331 g/mol. The van der Waals surface area contributed by atoms with E-state index in [0.717, 1.165) is 33.6 Å². The van der Waals surface area contributed by atoms with Crippen LogP contribution in [-0.2, 0) is 0 Å². The highest BCUT2D eigenvalue weighted by Crippen LogP contribution is 2.35. The molecule has 25 heavy (non-hydrogen) atoms. The second-order valence-electron chi connectivity index (χ2n) is 5.84. The number of hydrogen-bond acceptors (Lipinski definition) is 3. The molecule has 2 aromatic heterocycles. The van der Waals surface area contributed by atoms with Crippen molar-refractivity contribution in [3.8, 4) is 22.7 Å². The van der Waals surface area contributed by atoms with E-state index in [9.17, 15) is 4.79 Å². The maximum Gasteiger partial charge on any atom is 0.249 e. The fraction of sp³-hybridized carbons (Fsp3) is 0.100. The molecule has 0 amide bonds. The van der Waals surface area contributed by atoms with Crippen molar-refractivity contribution in [2.24, 2.45) is 0 Å². The predicted molar refractivity (Wildman–Crippen MR) is 98.4 cm³/mol. The Kier molecular flexibility index (Phi) is 3.61. The maximum absolute atomic E-state index is 12.0. The van der Waals surface area contributed by atoms with Crippen molar-refractivity contribution in [2.45, 2.75) is 6.92 Å². The summed E-state index contributed by atoms with van der Waals surface area (Å²) in [7, 11) is 1.64. The van der Waals surface area contributed by atoms with Gasteiger partial charge in [-0.05, 0) is 36.8 Å². The van der Waals surface area contributed by atoms with Gasteiger partial charge in [-0.25, -0.2) is 4.68 Å². The molecule has 0 aliphatic heterocycles. The van der Waals surface area contributed by atoms with Crippen LogP contribution in [0.4, 0.5) is 0 Å². The molecule has 0 saturated heterocycles. The molecule has 124 valence electrons. The number of ether oxygens (including phenoxy) is 1. The van der Waals surface area contributed by atoms with E-state index in [2.05, 4.69) is 4.98 Å². The Morgan fingerprint density at radius 3 is 2.52 bits per heavy atom. The van der Waals surface area contributed by atoms with Gasteiger partial charge in [-0.2, -0.15) is 5.10 Å². The standard InChI is InChI=1S/C20H17N3O2/c1-13-12-17(24)21-20-18(13)19(15-10-6-7-11-16(15)25-2)22-23(20)14-8-4-3-5-9-14/h3-12H,1-2H3,(H,21,24). The molecule has 0 fully saturated rings. The van der Waals surface area contributed by atoms with Gasteiger partial charge in [0.15, 0.2) is 0 Å². The first-order valence-corrected chi connectivity index (χ1v) is 8.00. The zero-order valence-electron chi connectivity index (χ0n) is 14.0. The van der Waals surface area contributed by atoms with Crippen LogP contribution in [0.15, 0.2) is 65.5 Å². The Balaban J connectivity index is 2.11. The van der Waals surface area contributed by atoms with E-state index in [-0.39, 0.29) is 5.56 Å². The summed E-state index contributed by atoms with van der Waals surface area (Å²) in [5.74, 6) is 0.743. The van der Waals surface area contributed by atoms with Crippen molar-refractivity contribution < 1.29 is 4.74 Å². The molecule has 1 N–H and O–H groups in total. The van der Waals surface area contributed by atoms with E-state index in [1.54, 1.807) is 17.9 Å². The Morgan fingerprint density at radius 1 is 1.04 bits per heavy atom. The molecule has 4 rings (SSSR count). The molecular formula is C20H17N3O2. The van der Waals surface area contributed by atoms with Crippen LogP contribution in [-0.4, -0.2) is 21.9 Å². The summed E-state index contributed by atoms with van der Waals surface area (Å²) in [6, 6.07) is 19.1. The van der Waals surface area contributed by atoms with E-state index in [1.807, 2.05) is 61.5 Å². The van der Waals surface area contributed by atoms with Crippen LogP contribution < -0.4 is 10.3 Å². The van der Waals surface area contributed by atoms with Gasteiger partial charge in [0.1, 0.15) is 17.1 Å². The average Bonchev–Trinajstić information content (AvgIpc) is 3.02. The molecule has 5 heteroatoms. The lowest BCUT2D eigenvalue weighted by Crippen LogP contribution is -2.07. The molecule has 0 saturated carbocycles. The summed E-state index contributed by atoms with van der Waals surface area (Å²) in [5.41, 5.74) is 3.97. The number of pyridine rings is 1. The van der Waals surface area contributed by atoms with Gasteiger partial charge in [0.05, 0.1) is 12.8 Å². The number of aryl methyl sites for hydroxylation is 1. The fourth-order valence-corrected chi connectivity index (χ4v) is 3.11. The van der Waals surface area contributed by atoms with Crippen LogP contribution in [0.1, 0.15) is 5.56 Å². The second kappa shape index (κ2) is 5.94. The lowest BCUT2D eigenvalue weighted by molar-refractivity contribution is 0.416. The first kappa shape index (κ1) is 15.2. The monoisotopic (exact) mass is 331 g/mol. The number of para-hydroxylation sites is 2. The highest BCUT2D eigenvalue weighted by Gasteiger charge is 2.19. The van der Waals surface area contributed by atoms with Crippen LogP contribution >= 0.6 is 0 Å². The van der Waals surface area contributed by atoms with Gasteiger partial charge in [0.25, 0.3) is 0 Å². The molecule has 5 nitrogen and oxygen atoms in total. The molecule has 0 aliphatic carbocycles. The third-order valence-electron chi connectivity index (χ3n) is 4.23. The van der Waals surface area contributed by atoms with Crippen molar-refractivity contribution in [1.29, 1.82) is 0 Å². The highest BCUT2D eigenvalue weighted by atomic mass is 16.5. The van der Waals surface area contributed by atoms with Crippen molar-refractivity contribution in [2.75, 3.05) is 7.11 Å². The number of hydrogen-bond donors (Lipinski definition) is 1. The van der Waals surface area contributed by atoms with Gasteiger partial charge in [0.2, 0.25) is 5.56 Å². The normalized spacial score (nSPS) is 11.0. The number of nitrogens with one attached hydrogen (secondary N) is 1. The van der Waals surface area contributed by atoms with Gasteiger partial charge in [-0.15, -0.1) is 0 Å². The zero-order valence-corrected chi connectivity index (χ0v) is 14.0. The summed E-state index contributed by atoms with van der Waals surface area (Å²) >= 11 is 0. The van der Waals surface area contributed by atoms with Crippen molar-refractivity contribution in [3.05, 3.63) is 76.6 Å². The van der Waals surface area contributed by atoms with Crippen LogP contribution in [0.2, 0.25) is 0 Å². The SMILES string of the molecule is COc1ccccc1-c1nn(-c2ccccc2)c2[nH]c(=O)cc(C)c12. The summed E-state index contributed by atoms with van der Waals surface area (Å²) < 4.78 is 7.28. The van der Waals surface area contributed by atoms with Crippen molar-refractivity contribution in [3.63, 3.8) is 0 Å². The summed E-state index contributed by atoms with van der Waals surface area (Å²) in [4.78, 5) is 15.0. The predicted octanol–water partition coefficient (Wildman–Crippen LogP) is 3.70. The lowest BCUT2D eigenvalue weighted by atomic mass is 10.1. The zero-order chi connectivity index (χ0) is 17.4. The molecule has 0 aliphatic rings. The Morgan fingerprint density at radius 2 is 1.76 bits per heavy atom. The highest BCUT2D eigenvalue weighted by molar-refractivity contribution is 5.95. The number of rotatable bonds is 3. The first-order chi connectivity index (χ1) is 12.2. The van der Waals surface area contributed by atoms with Crippen LogP contribution in [0.25, 0.3) is 28.0 Å². The molecule has 0 spiro atoms. The van der Waals surface area contributed by atoms with Crippen LogP contribution in [0.5, 0.6) is 5.75 Å². The van der Waals surface area contributed by atoms with Crippen LogP contribution in [0.3, 0.4) is 0 Å². The Labute approximate surface area is 144 Å². The van der Waals surface area contributed by atoms with Crippen molar-refractivity contribution in [1.82, 2.24) is 14.8 Å². The van der Waals surface area contributed by atoms with Gasteiger partial charge < -0.3 is 9.72 Å². The Bertz CT molecular complexity index is 1110. The number of methoxy groups -OCH3 is 1. The smallest absolute Gasteiger partial charge is 0.249 e. The second-order valence-corrected chi connectivity index (χ2v) is 5.84. The van der Waals surface area contributed by atoms with Gasteiger partial charge in [-0.3, -0.25) is 4.79 Å². The van der Waals surface area contributed by atoms with Crippen molar-refractivity contribution >= 4 is 11.0 Å². The number of aromatic nitrogens is 3. The number of benzene rings is 2. The minimum Gasteiger partial charge on any atom is -0.496 e. The van der Waals surface area contributed by atoms with E-state index in [0.29, 0.717) is 5.65 Å². The summed E-state index contributed by atoms with van der Waals surface area (Å²) in [6.07, 6.45) is 0. The lowest BCUT2D eigenvalue weighted by Gasteiger charge is -2.06. The molecule has 2 aromatic carbocycles. The number of fused-ring (bicyclic) bond motifs is 1. The van der Waals surface area contributed by atoms with Gasteiger partial charge in [-0.1, -0.05) is 30.3 Å². The Hall–Kier alpha value is -3.34. The van der Waals surface area contributed by atoms with Gasteiger partial charge >= 0.3 is 0 Å². The maximum atomic E-state index is 12.0.